The molecule has 0 spiro atoms. The van der Waals surface area contributed by atoms with Crippen LogP contribution in [0.25, 0.3) is 0 Å². The lowest BCUT2D eigenvalue weighted by Crippen LogP contribution is -1.94. The minimum atomic E-state index is 0.403. The molecule has 0 N–H and O–H groups in total. The summed E-state index contributed by atoms with van der Waals surface area (Å²) >= 11 is 0. The van der Waals surface area contributed by atoms with Gasteiger partial charge >= 0.3 is 0 Å². The van der Waals surface area contributed by atoms with Crippen molar-refractivity contribution in [1.29, 1.82) is 0 Å². The number of methoxy groups -OCH3 is 1. The molecule has 0 bridgehead atoms. The van der Waals surface area contributed by atoms with Crippen LogP contribution in [0.1, 0.15) is 5.56 Å². The van der Waals surface area contributed by atoms with Crippen LogP contribution in [0.3, 0.4) is 0 Å². The van der Waals surface area contributed by atoms with Crippen molar-refractivity contribution >= 4 is 0 Å². The van der Waals surface area contributed by atoms with Gasteiger partial charge in [0.2, 0.25) is 0 Å². The molecule has 0 amide bonds. The van der Waals surface area contributed by atoms with E-state index >= 15 is 0 Å². The monoisotopic (exact) mass is 168 g/mol. The molecule has 1 aromatic carbocycles. The largest absolute Gasteiger partial charge is 0.496 e. The van der Waals surface area contributed by atoms with Crippen molar-refractivity contribution in [2.24, 2.45) is 0 Å². The number of benzene rings is 1. The molecule has 0 heterocycles. The summed E-state index contributed by atoms with van der Waals surface area (Å²) in [6.07, 6.45) is 0. The van der Waals surface area contributed by atoms with Crippen LogP contribution in [0.15, 0.2) is 24.3 Å². The summed E-state index contributed by atoms with van der Waals surface area (Å²) in [6.45, 7) is 0.403. The summed E-state index contributed by atoms with van der Waals surface area (Å²) in [5.74, 6) is 0.814. The molecular weight excluding hydrogens is 156 g/mol. The van der Waals surface area contributed by atoms with Crippen molar-refractivity contribution in [2.45, 2.75) is 6.61 Å². The van der Waals surface area contributed by atoms with Gasteiger partial charge in [0.1, 0.15) is 12.4 Å². The fourth-order valence-electron chi connectivity index (χ4n) is 0.945. The average Bonchev–Trinajstić information content (AvgIpc) is 2.15. The summed E-state index contributed by atoms with van der Waals surface area (Å²) in [6, 6.07) is 7.65. The van der Waals surface area contributed by atoms with E-state index in [1.165, 1.54) is 7.11 Å². The zero-order valence-electron chi connectivity index (χ0n) is 7.24. The predicted molar refractivity (Wildman–Crippen MR) is 44.8 cm³/mol. The lowest BCUT2D eigenvalue weighted by molar-refractivity contribution is -0.282. The molecule has 1 rings (SSSR count). The molecule has 12 heavy (non-hydrogen) atoms. The van der Waals surface area contributed by atoms with Crippen LogP contribution in [0.2, 0.25) is 0 Å². The quantitative estimate of drug-likeness (QED) is 0.506. The second-order valence-corrected chi connectivity index (χ2v) is 2.24. The lowest BCUT2D eigenvalue weighted by atomic mass is 10.2. The first-order valence-electron chi connectivity index (χ1n) is 3.66. The Bertz CT molecular complexity index is 235. The molecule has 0 aromatic heterocycles. The lowest BCUT2D eigenvalue weighted by Gasteiger charge is -2.06. The van der Waals surface area contributed by atoms with E-state index in [4.69, 9.17) is 9.62 Å². The first-order chi connectivity index (χ1) is 5.88. The van der Waals surface area contributed by atoms with Crippen LogP contribution < -0.4 is 4.74 Å². The first kappa shape index (κ1) is 9.03. The Balaban J connectivity index is 2.68. The molecule has 1 aromatic rings. The predicted octanol–water partition coefficient (Wildman–Crippen LogP) is 1.77. The van der Waals surface area contributed by atoms with Crippen LogP contribution in [0.4, 0.5) is 0 Å². The highest BCUT2D eigenvalue weighted by Crippen LogP contribution is 2.17. The Labute approximate surface area is 71.8 Å². The maximum absolute atomic E-state index is 5.11. The molecule has 0 fully saturated rings. The normalized spacial score (nSPS) is 9.83. The van der Waals surface area contributed by atoms with E-state index in [0.717, 1.165) is 11.3 Å². The van der Waals surface area contributed by atoms with E-state index in [1.807, 2.05) is 24.3 Å². The zero-order valence-corrected chi connectivity index (χ0v) is 7.24. The van der Waals surface area contributed by atoms with Gasteiger partial charge in [-0.15, -0.1) is 0 Å². The standard InChI is InChI=1S/C9H12O3/c1-10-9-6-4-3-5-8(9)7-12-11-2/h3-6H,7H2,1-2H3. The fraction of sp³-hybridized carbons (Fsp3) is 0.333. The third-order valence-electron chi connectivity index (χ3n) is 1.52. The van der Waals surface area contributed by atoms with Gasteiger partial charge in [-0.2, -0.15) is 0 Å². The summed E-state index contributed by atoms with van der Waals surface area (Å²) in [5.41, 5.74) is 0.974. The molecule has 0 aliphatic heterocycles. The van der Waals surface area contributed by atoms with Gasteiger partial charge in [-0.25, -0.2) is 9.78 Å². The van der Waals surface area contributed by atoms with Crippen LogP contribution in [0, 0.1) is 0 Å². The van der Waals surface area contributed by atoms with Gasteiger partial charge in [0.05, 0.1) is 14.2 Å². The molecule has 0 radical (unpaired) electrons. The van der Waals surface area contributed by atoms with Gasteiger partial charge in [-0.1, -0.05) is 18.2 Å². The number of ether oxygens (including phenoxy) is 1. The van der Waals surface area contributed by atoms with Crippen molar-refractivity contribution in [3.63, 3.8) is 0 Å². The molecule has 3 heteroatoms. The number of hydrogen-bond donors (Lipinski definition) is 0. The van der Waals surface area contributed by atoms with Crippen molar-refractivity contribution < 1.29 is 14.5 Å². The van der Waals surface area contributed by atoms with E-state index in [0.29, 0.717) is 6.61 Å². The molecule has 0 unspecified atom stereocenters. The average molecular weight is 168 g/mol. The maximum Gasteiger partial charge on any atom is 0.124 e. The minimum Gasteiger partial charge on any atom is -0.496 e. The Hall–Kier alpha value is -1.06. The third kappa shape index (κ3) is 2.22. The van der Waals surface area contributed by atoms with Gasteiger partial charge in [-0.3, -0.25) is 0 Å². The Morgan fingerprint density at radius 3 is 2.58 bits per heavy atom. The van der Waals surface area contributed by atoms with E-state index in [1.54, 1.807) is 7.11 Å². The third-order valence-corrected chi connectivity index (χ3v) is 1.52. The topological polar surface area (TPSA) is 27.7 Å². The van der Waals surface area contributed by atoms with Gasteiger partial charge < -0.3 is 4.74 Å². The number of hydrogen-bond acceptors (Lipinski definition) is 3. The van der Waals surface area contributed by atoms with Crippen LogP contribution in [0.5, 0.6) is 5.75 Å². The molecular formula is C9H12O3. The summed E-state index contributed by atoms with van der Waals surface area (Å²) in [4.78, 5) is 9.27. The zero-order chi connectivity index (χ0) is 8.81. The minimum absolute atomic E-state index is 0.403. The second kappa shape index (κ2) is 4.74. The van der Waals surface area contributed by atoms with Gasteiger partial charge in [-0.05, 0) is 6.07 Å². The van der Waals surface area contributed by atoms with Gasteiger partial charge in [0.15, 0.2) is 0 Å². The Morgan fingerprint density at radius 1 is 1.17 bits per heavy atom. The molecule has 0 saturated carbocycles. The highest BCUT2D eigenvalue weighted by Gasteiger charge is 2.00. The SMILES string of the molecule is COOCc1ccccc1OC. The number of rotatable bonds is 4. The Kier molecular flexibility index (Phi) is 3.57. The van der Waals surface area contributed by atoms with E-state index in [-0.39, 0.29) is 0 Å². The molecule has 0 aliphatic rings. The van der Waals surface area contributed by atoms with Crippen molar-refractivity contribution in [1.82, 2.24) is 0 Å². The van der Waals surface area contributed by atoms with Crippen molar-refractivity contribution in [3.05, 3.63) is 29.8 Å². The highest BCUT2D eigenvalue weighted by atomic mass is 17.2. The fourth-order valence-corrected chi connectivity index (χ4v) is 0.945. The molecule has 3 nitrogen and oxygen atoms in total. The summed E-state index contributed by atoms with van der Waals surface area (Å²) in [7, 11) is 3.11. The van der Waals surface area contributed by atoms with E-state index in [2.05, 4.69) is 4.89 Å². The van der Waals surface area contributed by atoms with Crippen molar-refractivity contribution in [2.75, 3.05) is 14.2 Å². The smallest absolute Gasteiger partial charge is 0.124 e. The van der Waals surface area contributed by atoms with Crippen molar-refractivity contribution in [3.8, 4) is 5.75 Å². The van der Waals surface area contributed by atoms with E-state index < -0.39 is 0 Å². The first-order valence-corrected chi connectivity index (χ1v) is 3.66. The second-order valence-electron chi connectivity index (χ2n) is 2.24. The molecule has 0 atom stereocenters. The maximum atomic E-state index is 5.11. The molecule has 66 valence electrons. The van der Waals surface area contributed by atoms with Gasteiger partial charge in [0, 0.05) is 5.56 Å². The highest BCUT2D eigenvalue weighted by molar-refractivity contribution is 5.32. The van der Waals surface area contributed by atoms with Crippen LogP contribution >= 0.6 is 0 Å². The summed E-state index contributed by atoms with van der Waals surface area (Å²) in [5, 5.41) is 0. The Morgan fingerprint density at radius 2 is 1.92 bits per heavy atom. The molecule has 0 aliphatic carbocycles. The van der Waals surface area contributed by atoms with Gasteiger partial charge in [0.25, 0.3) is 0 Å². The van der Waals surface area contributed by atoms with Crippen LogP contribution in [-0.2, 0) is 16.4 Å². The van der Waals surface area contributed by atoms with Crippen LogP contribution in [-0.4, -0.2) is 14.2 Å². The molecule has 0 saturated heterocycles. The summed E-state index contributed by atoms with van der Waals surface area (Å²) < 4.78 is 5.11. The number of para-hydroxylation sites is 1. The van der Waals surface area contributed by atoms with E-state index in [9.17, 15) is 0 Å².